The number of hydrogen-bond donors (Lipinski definition) is 1. The Balaban J connectivity index is 2.24. The van der Waals surface area contributed by atoms with E-state index in [9.17, 15) is 13.6 Å². The summed E-state index contributed by atoms with van der Waals surface area (Å²) in [6.45, 7) is 0. The zero-order valence-corrected chi connectivity index (χ0v) is 10.8. The van der Waals surface area contributed by atoms with E-state index < -0.39 is 11.6 Å². The number of methoxy groups -OCH3 is 1. The van der Waals surface area contributed by atoms with Gasteiger partial charge in [0.2, 0.25) is 0 Å². The number of anilines is 1. The third-order valence-electron chi connectivity index (χ3n) is 2.93. The van der Waals surface area contributed by atoms with Crippen LogP contribution >= 0.6 is 0 Å². The lowest BCUT2D eigenvalue weighted by Gasteiger charge is -2.07. The van der Waals surface area contributed by atoms with E-state index in [-0.39, 0.29) is 29.2 Å². The summed E-state index contributed by atoms with van der Waals surface area (Å²) >= 11 is 0. The van der Waals surface area contributed by atoms with Gasteiger partial charge < -0.3 is 10.5 Å². The second-order valence-electron chi connectivity index (χ2n) is 4.27. The number of para-hydroxylation sites is 1. The van der Waals surface area contributed by atoms with Gasteiger partial charge in [-0.15, -0.1) is 0 Å². The van der Waals surface area contributed by atoms with Crippen molar-refractivity contribution in [3.63, 3.8) is 0 Å². The minimum atomic E-state index is -0.642. The van der Waals surface area contributed by atoms with Crippen LogP contribution in [0.15, 0.2) is 36.4 Å². The van der Waals surface area contributed by atoms with E-state index in [1.165, 1.54) is 37.4 Å². The standard InChI is InChI=1S/C15H13F2NO2/c1-20-14-6-5-9(7-12(14)17)8-13(19)10-3-2-4-11(16)15(10)18/h2-7H,8,18H2,1H3. The molecule has 0 aliphatic heterocycles. The van der Waals surface area contributed by atoms with Crippen LogP contribution in [0.2, 0.25) is 0 Å². The van der Waals surface area contributed by atoms with Crippen LogP contribution in [0, 0.1) is 11.6 Å². The summed E-state index contributed by atoms with van der Waals surface area (Å²) in [5, 5.41) is 0. The highest BCUT2D eigenvalue weighted by atomic mass is 19.1. The van der Waals surface area contributed by atoms with Gasteiger partial charge in [0.05, 0.1) is 12.8 Å². The summed E-state index contributed by atoms with van der Waals surface area (Å²) < 4.78 is 31.6. The topological polar surface area (TPSA) is 52.3 Å². The number of Topliss-reactive ketones (excluding diaryl/α,β-unsaturated/α-hetero) is 1. The third kappa shape index (κ3) is 2.77. The molecule has 0 heterocycles. The van der Waals surface area contributed by atoms with Crippen LogP contribution in [0.3, 0.4) is 0 Å². The Kier molecular flexibility index (Phi) is 3.98. The number of halogens is 2. The second-order valence-corrected chi connectivity index (χ2v) is 4.27. The fraction of sp³-hybridized carbons (Fsp3) is 0.133. The Hall–Kier alpha value is -2.43. The molecule has 0 radical (unpaired) electrons. The zero-order valence-electron chi connectivity index (χ0n) is 10.8. The molecule has 0 unspecified atom stereocenters. The normalized spacial score (nSPS) is 10.3. The van der Waals surface area contributed by atoms with Crippen molar-refractivity contribution in [2.45, 2.75) is 6.42 Å². The molecule has 5 heteroatoms. The molecule has 0 atom stereocenters. The van der Waals surface area contributed by atoms with E-state index in [4.69, 9.17) is 10.5 Å². The van der Waals surface area contributed by atoms with E-state index >= 15 is 0 Å². The van der Waals surface area contributed by atoms with E-state index in [0.717, 1.165) is 0 Å². The SMILES string of the molecule is COc1ccc(CC(=O)c2cccc(F)c2N)cc1F. The number of ether oxygens (including phenoxy) is 1. The van der Waals surface area contributed by atoms with Gasteiger partial charge >= 0.3 is 0 Å². The first-order valence-corrected chi connectivity index (χ1v) is 5.92. The average molecular weight is 277 g/mol. The zero-order chi connectivity index (χ0) is 14.7. The van der Waals surface area contributed by atoms with Crippen LogP contribution in [-0.2, 0) is 6.42 Å². The number of benzene rings is 2. The van der Waals surface area contributed by atoms with Crippen molar-refractivity contribution in [2.24, 2.45) is 0 Å². The molecule has 0 saturated heterocycles. The van der Waals surface area contributed by atoms with Gasteiger partial charge in [-0.1, -0.05) is 12.1 Å². The molecule has 104 valence electrons. The molecule has 0 amide bonds. The van der Waals surface area contributed by atoms with Crippen molar-refractivity contribution < 1.29 is 18.3 Å². The Morgan fingerprint density at radius 2 is 1.95 bits per heavy atom. The lowest BCUT2D eigenvalue weighted by atomic mass is 10.0. The molecule has 0 aliphatic carbocycles. The molecule has 0 fully saturated rings. The van der Waals surface area contributed by atoms with Crippen LogP contribution in [0.4, 0.5) is 14.5 Å². The minimum absolute atomic E-state index is 0.0609. The highest BCUT2D eigenvalue weighted by Gasteiger charge is 2.14. The summed E-state index contributed by atoms with van der Waals surface area (Å²) in [7, 11) is 1.36. The monoisotopic (exact) mass is 277 g/mol. The molecule has 0 saturated carbocycles. The smallest absolute Gasteiger partial charge is 0.169 e. The predicted octanol–water partition coefficient (Wildman–Crippen LogP) is 2.98. The van der Waals surface area contributed by atoms with E-state index in [2.05, 4.69) is 0 Å². The number of ketones is 1. The maximum atomic E-state index is 13.5. The molecule has 2 N–H and O–H groups in total. The van der Waals surface area contributed by atoms with Gasteiger partial charge in [0.1, 0.15) is 5.82 Å². The largest absolute Gasteiger partial charge is 0.494 e. The predicted molar refractivity (Wildman–Crippen MR) is 71.8 cm³/mol. The first-order chi connectivity index (χ1) is 9.52. The quantitative estimate of drug-likeness (QED) is 0.690. The van der Waals surface area contributed by atoms with E-state index in [0.29, 0.717) is 5.56 Å². The minimum Gasteiger partial charge on any atom is -0.494 e. The Morgan fingerprint density at radius 3 is 2.60 bits per heavy atom. The van der Waals surface area contributed by atoms with Gasteiger partial charge in [0, 0.05) is 12.0 Å². The van der Waals surface area contributed by atoms with Crippen molar-refractivity contribution in [1.82, 2.24) is 0 Å². The summed E-state index contributed by atoms with van der Waals surface area (Å²) in [4.78, 5) is 12.1. The molecule has 0 aliphatic rings. The molecule has 2 aromatic carbocycles. The van der Waals surface area contributed by atoms with Gasteiger partial charge in [0.15, 0.2) is 17.3 Å². The third-order valence-corrected chi connectivity index (χ3v) is 2.93. The molecule has 0 bridgehead atoms. The van der Waals surface area contributed by atoms with Gasteiger partial charge in [-0.2, -0.15) is 0 Å². The molecule has 20 heavy (non-hydrogen) atoms. The summed E-state index contributed by atoms with van der Waals surface area (Å²) in [6.07, 6.45) is -0.0609. The Labute approximate surface area is 115 Å². The number of nitrogens with two attached hydrogens (primary N) is 1. The summed E-state index contributed by atoms with van der Waals surface area (Å²) in [5.41, 5.74) is 5.90. The molecule has 0 aromatic heterocycles. The number of hydrogen-bond acceptors (Lipinski definition) is 3. The van der Waals surface area contributed by atoms with Crippen molar-refractivity contribution in [3.8, 4) is 5.75 Å². The highest BCUT2D eigenvalue weighted by Crippen LogP contribution is 2.21. The average Bonchev–Trinajstić information content (AvgIpc) is 2.42. The van der Waals surface area contributed by atoms with Gasteiger partial charge in [0.25, 0.3) is 0 Å². The lowest BCUT2D eigenvalue weighted by Crippen LogP contribution is -2.08. The number of rotatable bonds is 4. The number of carbonyl (C=O) groups is 1. The first kappa shape index (κ1) is 14.0. The molecular formula is C15H13F2NO2. The van der Waals surface area contributed by atoms with Crippen LogP contribution < -0.4 is 10.5 Å². The Morgan fingerprint density at radius 1 is 1.20 bits per heavy atom. The maximum absolute atomic E-state index is 13.5. The lowest BCUT2D eigenvalue weighted by molar-refractivity contribution is 0.0993. The van der Waals surface area contributed by atoms with Crippen molar-refractivity contribution in [1.29, 1.82) is 0 Å². The van der Waals surface area contributed by atoms with Crippen molar-refractivity contribution in [3.05, 3.63) is 59.2 Å². The molecule has 2 aromatic rings. The fourth-order valence-corrected chi connectivity index (χ4v) is 1.88. The molecule has 0 spiro atoms. The van der Waals surface area contributed by atoms with Crippen LogP contribution in [0.25, 0.3) is 0 Å². The van der Waals surface area contributed by atoms with E-state index in [1.807, 2.05) is 0 Å². The Bertz CT molecular complexity index is 656. The number of nitrogen functional groups attached to an aromatic ring is 1. The first-order valence-electron chi connectivity index (χ1n) is 5.92. The fourth-order valence-electron chi connectivity index (χ4n) is 1.88. The van der Waals surface area contributed by atoms with Crippen molar-refractivity contribution >= 4 is 11.5 Å². The number of carbonyl (C=O) groups excluding carboxylic acids is 1. The molecular weight excluding hydrogens is 264 g/mol. The van der Waals surface area contributed by atoms with Gasteiger partial charge in [-0.05, 0) is 29.8 Å². The highest BCUT2D eigenvalue weighted by molar-refractivity contribution is 6.02. The van der Waals surface area contributed by atoms with E-state index in [1.54, 1.807) is 6.07 Å². The van der Waals surface area contributed by atoms with Crippen molar-refractivity contribution in [2.75, 3.05) is 12.8 Å². The molecule has 2 rings (SSSR count). The summed E-state index contributed by atoms with van der Waals surface area (Å²) in [5.74, 6) is -1.46. The summed E-state index contributed by atoms with van der Waals surface area (Å²) in [6, 6.07) is 8.27. The van der Waals surface area contributed by atoms with Crippen LogP contribution in [-0.4, -0.2) is 12.9 Å². The van der Waals surface area contributed by atoms with Crippen LogP contribution in [0.5, 0.6) is 5.75 Å². The van der Waals surface area contributed by atoms with Crippen LogP contribution in [0.1, 0.15) is 15.9 Å². The molecule has 3 nitrogen and oxygen atoms in total. The maximum Gasteiger partial charge on any atom is 0.169 e. The van der Waals surface area contributed by atoms with Gasteiger partial charge in [-0.3, -0.25) is 4.79 Å². The van der Waals surface area contributed by atoms with Gasteiger partial charge in [-0.25, -0.2) is 8.78 Å². The second kappa shape index (κ2) is 5.69.